The molecular formula is C18H15N5O. The summed E-state index contributed by atoms with van der Waals surface area (Å²) >= 11 is 0. The second-order valence-electron chi connectivity index (χ2n) is 5.39. The molecule has 3 rings (SSSR count). The predicted octanol–water partition coefficient (Wildman–Crippen LogP) is 3.01. The average Bonchev–Trinajstić information content (AvgIpc) is 2.94. The molecule has 0 atom stereocenters. The second-order valence-corrected chi connectivity index (χ2v) is 5.39. The van der Waals surface area contributed by atoms with Crippen molar-refractivity contribution in [1.82, 2.24) is 14.8 Å². The highest BCUT2D eigenvalue weighted by atomic mass is 16.1. The lowest BCUT2D eigenvalue weighted by atomic mass is 10.2. The van der Waals surface area contributed by atoms with Gasteiger partial charge in [0.05, 0.1) is 22.9 Å². The third-order valence-corrected chi connectivity index (χ3v) is 3.51. The molecule has 24 heavy (non-hydrogen) atoms. The number of rotatable bonds is 3. The van der Waals surface area contributed by atoms with E-state index < -0.39 is 0 Å². The van der Waals surface area contributed by atoms with Gasteiger partial charge in [0.25, 0.3) is 5.91 Å². The van der Waals surface area contributed by atoms with E-state index in [0.717, 1.165) is 11.4 Å². The Balaban J connectivity index is 1.76. The summed E-state index contributed by atoms with van der Waals surface area (Å²) in [6, 6.07) is 14.1. The van der Waals surface area contributed by atoms with Gasteiger partial charge in [-0.1, -0.05) is 0 Å². The molecule has 0 aliphatic carbocycles. The van der Waals surface area contributed by atoms with Gasteiger partial charge in [0, 0.05) is 17.6 Å². The van der Waals surface area contributed by atoms with Gasteiger partial charge in [0.1, 0.15) is 0 Å². The SMILES string of the molecule is Cc1cc(C)n(-c2ccc(C(=O)Nc3ccc(C#N)cc3)cn2)n1. The number of aryl methyl sites for hydroxylation is 2. The Morgan fingerprint density at radius 3 is 2.46 bits per heavy atom. The van der Waals surface area contributed by atoms with Crippen molar-refractivity contribution in [2.24, 2.45) is 0 Å². The number of nitriles is 1. The molecule has 6 heteroatoms. The minimum absolute atomic E-state index is 0.257. The first-order valence-electron chi connectivity index (χ1n) is 7.38. The Hall–Kier alpha value is -3.46. The first kappa shape index (κ1) is 15.4. The number of pyridine rings is 1. The molecule has 0 spiro atoms. The third-order valence-electron chi connectivity index (χ3n) is 3.51. The Morgan fingerprint density at radius 2 is 1.92 bits per heavy atom. The zero-order valence-corrected chi connectivity index (χ0v) is 13.3. The van der Waals surface area contributed by atoms with Crippen LogP contribution in [-0.2, 0) is 0 Å². The fraction of sp³-hybridized carbons (Fsp3) is 0.111. The summed E-state index contributed by atoms with van der Waals surface area (Å²) in [5.74, 6) is 0.405. The van der Waals surface area contributed by atoms with E-state index in [-0.39, 0.29) is 5.91 Å². The van der Waals surface area contributed by atoms with Crippen molar-refractivity contribution in [2.75, 3.05) is 5.32 Å². The molecule has 0 aliphatic heterocycles. The van der Waals surface area contributed by atoms with Crippen LogP contribution in [-0.4, -0.2) is 20.7 Å². The summed E-state index contributed by atoms with van der Waals surface area (Å²) in [5, 5.41) is 15.9. The number of anilines is 1. The standard InChI is InChI=1S/C18H15N5O/c1-12-9-13(2)23(22-12)17-8-5-15(11-20-17)18(24)21-16-6-3-14(10-19)4-7-16/h3-9,11H,1-2H3,(H,21,24). The van der Waals surface area contributed by atoms with Crippen LogP contribution in [0.15, 0.2) is 48.7 Å². The zero-order valence-electron chi connectivity index (χ0n) is 13.3. The number of hydrogen-bond donors (Lipinski definition) is 1. The molecule has 1 amide bonds. The first-order valence-corrected chi connectivity index (χ1v) is 7.38. The number of nitrogens with zero attached hydrogens (tertiary/aromatic N) is 4. The topological polar surface area (TPSA) is 83.6 Å². The highest BCUT2D eigenvalue weighted by molar-refractivity contribution is 6.04. The van der Waals surface area contributed by atoms with Crippen LogP contribution >= 0.6 is 0 Å². The van der Waals surface area contributed by atoms with E-state index in [2.05, 4.69) is 15.4 Å². The summed E-state index contributed by atoms with van der Waals surface area (Å²) in [6.45, 7) is 3.87. The molecule has 1 aromatic carbocycles. The maximum atomic E-state index is 12.2. The van der Waals surface area contributed by atoms with Crippen LogP contribution in [0.3, 0.4) is 0 Å². The maximum absolute atomic E-state index is 12.2. The summed E-state index contributed by atoms with van der Waals surface area (Å²) in [7, 11) is 0. The molecule has 0 saturated heterocycles. The van der Waals surface area contributed by atoms with Gasteiger partial charge in [-0.2, -0.15) is 10.4 Å². The smallest absolute Gasteiger partial charge is 0.257 e. The van der Waals surface area contributed by atoms with E-state index in [1.807, 2.05) is 26.0 Å². The number of hydrogen-bond acceptors (Lipinski definition) is 4. The highest BCUT2D eigenvalue weighted by Gasteiger charge is 2.09. The monoisotopic (exact) mass is 317 g/mol. The number of benzene rings is 1. The number of amides is 1. The minimum atomic E-state index is -0.257. The van der Waals surface area contributed by atoms with Gasteiger partial charge in [0.15, 0.2) is 5.82 Å². The van der Waals surface area contributed by atoms with Crippen molar-refractivity contribution in [2.45, 2.75) is 13.8 Å². The Labute approximate surface area is 139 Å². The maximum Gasteiger partial charge on any atom is 0.257 e. The van der Waals surface area contributed by atoms with Gasteiger partial charge in [-0.25, -0.2) is 9.67 Å². The number of aromatic nitrogens is 3. The van der Waals surface area contributed by atoms with Crippen LogP contribution in [0, 0.1) is 25.2 Å². The summed E-state index contributed by atoms with van der Waals surface area (Å²) < 4.78 is 1.73. The molecule has 0 unspecified atom stereocenters. The van der Waals surface area contributed by atoms with Crippen LogP contribution in [0.5, 0.6) is 0 Å². The molecule has 2 aromatic heterocycles. The Kier molecular flexibility index (Phi) is 4.08. The van der Waals surface area contributed by atoms with Gasteiger partial charge in [0.2, 0.25) is 0 Å². The van der Waals surface area contributed by atoms with E-state index in [0.29, 0.717) is 22.6 Å². The van der Waals surface area contributed by atoms with E-state index >= 15 is 0 Å². The minimum Gasteiger partial charge on any atom is -0.322 e. The van der Waals surface area contributed by atoms with Crippen LogP contribution in [0.25, 0.3) is 5.82 Å². The highest BCUT2D eigenvalue weighted by Crippen LogP contribution is 2.13. The molecule has 0 radical (unpaired) electrons. The largest absolute Gasteiger partial charge is 0.322 e. The zero-order chi connectivity index (χ0) is 17.1. The molecule has 1 N–H and O–H groups in total. The third kappa shape index (κ3) is 3.15. The Morgan fingerprint density at radius 1 is 1.17 bits per heavy atom. The lowest BCUT2D eigenvalue weighted by molar-refractivity contribution is 0.102. The van der Waals surface area contributed by atoms with Crippen molar-refractivity contribution >= 4 is 11.6 Å². The molecule has 0 fully saturated rings. The van der Waals surface area contributed by atoms with Crippen LogP contribution in [0.4, 0.5) is 5.69 Å². The van der Waals surface area contributed by atoms with E-state index in [1.165, 1.54) is 6.20 Å². The van der Waals surface area contributed by atoms with Crippen LogP contribution in [0.1, 0.15) is 27.3 Å². The fourth-order valence-electron chi connectivity index (χ4n) is 2.34. The molecular weight excluding hydrogens is 302 g/mol. The molecule has 2 heterocycles. The van der Waals surface area contributed by atoms with Gasteiger partial charge < -0.3 is 5.32 Å². The summed E-state index contributed by atoms with van der Waals surface area (Å²) in [6.07, 6.45) is 1.52. The summed E-state index contributed by atoms with van der Waals surface area (Å²) in [4.78, 5) is 16.6. The number of nitrogens with one attached hydrogen (secondary N) is 1. The van der Waals surface area contributed by atoms with E-state index in [1.54, 1.807) is 41.1 Å². The number of carbonyl (C=O) groups is 1. The molecule has 0 saturated carbocycles. The lowest BCUT2D eigenvalue weighted by Gasteiger charge is -2.07. The fourth-order valence-corrected chi connectivity index (χ4v) is 2.34. The second kappa shape index (κ2) is 6.34. The molecule has 0 bridgehead atoms. The first-order chi connectivity index (χ1) is 11.6. The normalized spacial score (nSPS) is 10.2. The summed E-state index contributed by atoms with van der Waals surface area (Å²) in [5.41, 5.74) is 3.52. The van der Waals surface area contributed by atoms with E-state index in [4.69, 9.17) is 5.26 Å². The molecule has 3 aromatic rings. The Bertz CT molecular complexity index is 918. The lowest BCUT2D eigenvalue weighted by Crippen LogP contribution is -2.13. The van der Waals surface area contributed by atoms with E-state index in [9.17, 15) is 4.79 Å². The molecule has 118 valence electrons. The van der Waals surface area contributed by atoms with Crippen molar-refractivity contribution in [1.29, 1.82) is 5.26 Å². The van der Waals surface area contributed by atoms with Crippen LogP contribution in [0.2, 0.25) is 0 Å². The van der Waals surface area contributed by atoms with Crippen molar-refractivity contribution in [3.05, 3.63) is 71.2 Å². The van der Waals surface area contributed by atoms with Crippen LogP contribution < -0.4 is 5.32 Å². The van der Waals surface area contributed by atoms with Crippen molar-refractivity contribution < 1.29 is 4.79 Å². The van der Waals surface area contributed by atoms with Crippen molar-refractivity contribution in [3.63, 3.8) is 0 Å². The predicted molar refractivity (Wildman–Crippen MR) is 89.9 cm³/mol. The molecule has 0 aliphatic rings. The number of carbonyl (C=O) groups excluding carboxylic acids is 1. The average molecular weight is 317 g/mol. The quantitative estimate of drug-likeness (QED) is 0.805. The van der Waals surface area contributed by atoms with Gasteiger partial charge in [-0.3, -0.25) is 4.79 Å². The van der Waals surface area contributed by atoms with Crippen molar-refractivity contribution in [3.8, 4) is 11.9 Å². The van der Waals surface area contributed by atoms with Gasteiger partial charge >= 0.3 is 0 Å². The van der Waals surface area contributed by atoms with Gasteiger partial charge in [-0.15, -0.1) is 0 Å². The van der Waals surface area contributed by atoms with Gasteiger partial charge in [-0.05, 0) is 56.3 Å². The molecule has 6 nitrogen and oxygen atoms in total.